The van der Waals surface area contributed by atoms with E-state index in [0.29, 0.717) is 52.1 Å². The first-order chi connectivity index (χ1) is 15.5. The summed E-state index contributed by atoms with van der Waals surface area (Å²) >= 11 is 1.24. The summed E-state index contributed by atoms with van der Waals surface area (Å²) in [5.74, 6) is 1.39. The minimum Gasteiger partial charge on any atom is -0.354 e. The van der Waals surface area contributed by atoms with E-state index in [2.05, 4.69) is 25.2 Å². The highest BCUT2D eigenvalue weighted by molar-refractivity contribution is 7.17. The molecule has 0 radical (unpaired) electrons. The Bertz CT molecular complexity index is 1260. The monoisotopic (exact) mass is 457 g/mol. The third-order valence-corrected chi connectivity index (χ3v) is 7.02. The number of carbonyl (C=O) groups is 1. The molecule has 1 fully saturated rings. The van der Waals surface area contributed by atoms with Crippen LogP contribution in [0.3, 0.4) is 0 Å². The van der Waals surface area contributed by atoms with Crippen LogP contribution in [0.4, 0.5) is 21.8 Å². The van der Waals surface area contributed by atoms with E-state index in [1.165, 1.54) is 15.9 Å². The Balaban J connectivity index is 1.64. The summed E-state index contributed by atoms with van der Waals surface area (Å²) in [7, 11) is 0. The van der Waals surface area contributed by atoms with Crippen molar-refractivity contribution in [3.05, 3.63) is 33.3 Å². The third-order valence-electron chi connectivity index (χ3n) is 6.07. The van der Waals surface area contributed by atoms with Crippen molar-refractivity contribution in [1.82, 2.24) is 19.5 Å². The molecule has 9 nitrogen and oxygen atoms in total. The number of anilines is 3. The molecular weight excluding hydrogens is 433 g/mol. The quantitative estimate of drug-likeness (QED) is 0.629. The van der Waals surface area contributed by atoms with E-state index in [4.69, 9.17) is 0 Å². The second-order valence-electron chi connectivity index (χ2n) is 7.97. The number of fused-ring (bicyclic) bond motifs is 4. The number of thiophene rings is 1. The lowest BCUT2D eigenvalue weighted by molar-refractivity contribution is 0.0988. The van der Waals surface area contributed by atoms with Gasteiger partial charge >= 0.3 is 0 Å². The number of aryl methyl sites for hydroxylation is 1. The molecule has 5 rings (SSSR count). The standard InChI is InChI=1S/C21H24FN7O2S/c1-3-23-21-24-9-14-18(26-21)28-7-4-5-13(28)10-29(19(14)30)15-11-32-17-16(15)25-12(2)27(8-6-22)20(17)31/h9,11,13H,3-8,10H2,1-2H3,(H,23,24,26)/t13-/m0/s1. The Labute approximate surface area is 187 Å². The van der Waals surface area contributed by atoms with Gasteiger partial charge in [0.15, 0.2) is 0 Å². The van der Waals surface area contributed by atoms with Crippen LogP contribution < -0.4 is 20.7 Å². The molecule has 0 unspecified atom stereocenters. The van der Waals surface area contributed by atoms with Crippen LogP contribution in [0.25, 0.3) is 10.2 Å². The van der Waals surface area contributed by atoms with Gasteiger partial charge in [-0.05, 0) is 26.7 Å². The number of amides is 1. The maximum Gasteiger partial charge on any atom is 0.271 e. The van der Waals surface area contributed by atoms with E-state index in [0.717, 1.165) is 19.4 Å². The fourth-order valence-corrected chi connectivity index (χ4v) is 5.51. The number of alkyl halides is 1. The van der Waals surface area contributed by atoms with Crippen LogP contribution in [0.5, 0.6) is 0 Å². The summed E-state index contributed by atoms with van der Waals surface area (Å²) in [6.07, 6.45) is 3.54. The summed E-state index contributed by atoms with van der Waals surface area (Å²) < 4.78 is 14.7. The largest absolute Gasteiger partial charge is 0.354 e. The van der Waals surface area contributed by atoms with Crippen molar-refractivity contribution < 1.29 is 9.18 Å². The van der Waals surface area contributed by atoms with Crippen molar-refractivity contribution in [2.75, 3.05) is 41.4 Å². The highest BCUT2D eigenvalue weighted by atomic mass is 32.1. The van der Waals surface area contributed by atoms with Gasteiger partial charge in [0.05, 0.1) is 12.2 Å². The highest BCUT2D eigenvalue weighted by Gasteiger charge is 2.38. The molecule has 1 amide bonds. The number of carbonyl (C=O) groups excluding carboxylic acids is 1. The smallest absolute Gasteiger partial charge is 0.271 e. The van der Waals surface area contributed by atoms with Crippen molar-refractivity contribution in [3.63, 3.8) is 0 Å². The molecule has 5 heterocycles. The molecule has 168 valence electrons. The van der Waals surface area contributed by atoms with Gasteiger partial charge in [0.1, 0.15) is 34.1 Å². The first-order valence-corrected chi connectivity index (χ1v) is 11.7. The van der Waals surface area contributed by atoms with Gasteiger partial charge in [0.25, 0.3) is 11.5 Å². The van der Waals surface area contributed by atoms with Crippen molar-refractivity contribution in [2.45, 2.75) is 39.3 Å². The minimum absolute atomic E-state index is 0.0284. The number of hydrogen-bond acceptors (Lipinski definition) is 8. The van der Waals surface area contributed by atoms with Crippen LogP contribution in [0, 0.1) is 6.92 Å². The molecular formula is C21H24FN7O2S. The van der Waals surface area contributed by atoms with Crippen molar-refractivity contribution in [3.8, 4) is 0 Å². The Kier molecular flexibility index (Phi) is 5.28. The normalized spacial score (nSPS) is 18.1. The molecule has 11 heteroatoms. The lowest BCUT2D eigenvalue weighted by Crippen LogP contribution is -2.39. The van der Waals surface area contributed by atoms with Crippen LogP contribution >= 0.6 is 11.3 Å². The average molecular weight is 458 g/mol. The zero-order valence-corrected chi connectivity index (χ0v) is 18.8. The van der Waals surface area contributed by atoms with Gasteiger partial charge < -0.3 is 15.1 Å². The Morgan fingerprint density at radius 3 is 2.94 bits per heavy atom. The summed E-state index contributed by atoms with van der Waals surface area (Å²) in [6, 6.07) is 0.118. The Morgan fingerprint density at radius 1 is 1.31 bits per heavy atom. The second kappa shape index (κ2) is 8.12. The Morgan fingerprint density at radius 2 is 2.16 bits per heavy atom. The van der Waals surface area contributed by atoms with Crippen LogP contribution in [-0.2, 0) is 6.54 Å². The van der Waals surface area contributed by atoms with Gasteiger partial charge in [-0.15, -0.1) is 11.3 Å². The molecule has 1 N–H and O–H groups in total. The fourth-order valence-electron chi connectivity index (χ4n) is 4.57. The van der Waals surface area contributed by atoms with Crippen LogP contribution in [0.15, 0.2) is 16.4 Å². The third kappa shape index (κ3) is 3.22. The Hall–Kier alpha value is -3.08. The van der Waals surface area contributed by atoms with E-state index in [-0.39, 0.29) is 24.1 Å². The lowest BCUT2D eigenvalue weighted by atomic mass is 10.2. The molecule has 0 spiro atoms. The molecule has 0 bridgehead atoms. The second-order valence-corrected chi connectivity index (χ2v) is 8.85. The zero-order chi connectivity index (χ0) is 22.4. The summed E-state index contributed by atoms with van der Waals surface area (Å²) in [4.78, 5) is 44.0. The van der Waals surface area contributed by atoms with E-state index in [1.807, 2.05) is 6.92 Å². The van der Waals surface area contributed by atoms with Gasteiger partial charge in [0, 0.05) is 37.3 Å². The molecule has 3 aromatic heterocycles. The van der Waals surface area contributed by atoms with Gasteiger partial charge in [-0.25, -0.2) is 14.4 Å². The number of nitrogens with one attached hydrogen (secondary N) is 1. The van der Waals surface area contributed by atoms with Crippen molar-refractivity contribution >= 4 is 44.9 Å². The molecule has 1 saturated heterocycles. The van der Waals surface area contributed by atoms with Crippen LogP contribution in [0.1, 0.15) is 35.9 Å². The maximum absolute atomic E-state index is 13.7. The summed E-state index contributed by atoms with van der Waals surface area (Å²) in [6.45, 7) is 4.99. The molecule has 0 saturated carbocycles. The van der Waals surface area contributed by atoms with Gasteiger partial charge in [-0.2, -0.15) is 4.98 Å². The maximum atomic E-state index is 13.7. The topological polar surface area (TPSA) is 96.2 Å². The predicted octanol–water partition coefficient (Wildman–Crippen LogP) is 2.59. The molecule has 2 aliphatic heterocycles. The van der Waals surface area contributed by atoms with Crippen molar-refractivity contribution in [2.24, 2.45) is 0 Å². The van der Waals surface area contributed by atoms with Gasteiger partial charge in [0.2, 0.25) is 5.95 Å². The zero-order valence-electron chi connectivity index (χ0n) is 18.0. The molecule has 1 atom stereocenters. The van der Waals surface area contributed by atoms with E-state index < -0.39 is 6.67 Å². The van der Waals surface area contributed by atoms with Gasteiger partial charge in [-0.1, -0.05) is 0 Å². The van der Waals surface area contributed by atoms with Crippen LogP contribution in [-0.4, -0.2) is 57.8 Å². The van der Waals surface area contributed by atoms with Crippen molar-refractivity contribution in [1.29, 1.82) is 0 Å². The fraction of sp³-hybridized carbons (Fsp3) is 0.476. The number of aromatic nitrogens is 4. The number of rotatable bonds is 5. The summed E-state index contributed by atoms with van der Waals surface area (Å²) in [5, 5.41) is 4.92. The summed E-state index contributed by atoms with van der Waals surface area (Å²) in [5.41, 5.74) is 1.26. The first-order valence-electron chi connectivity index (χ1n) is 10.8. The number of hydrogen-bond donors (Lipinski definition) is 1. The van der Waals surface area contributed by atoms with E-state index in [1.54, 1.807) is 23.4 Å². The van der Waals surface area contributed by atoms with Gasteiger partial charge in [-0.3, -0.25) is 14.2 Å². The van der Waals surface area contributed by atoms with E-state index >= 15 is 0 Å². The SMILES string of the molecule is CCNc1ncc2c(n1)N1CCC[C@H]1CN(c1csc3c(=O)n(CCF)c(C)nc13)C2=O. The number of nitrogens with zero attached hydrogens (tertiary/aromatic N) is 6. The average Bonchev–Trinajstić information content (AvgIpc) is 3.39. The highest BCUT2D eigenvalue weighted by Crippen LogP contribution is 2.37. The molecule has 0 aliphatic carbocycles. The first kappa shape index (κ1) is 20.8. The number of halogens is 1. The lowest BCUT2D eigenvalue weighted by Gasteiger charge is -2.26. The minimum atomic E-state index is -0.639. The molecule has 32 heavy (non-hydrogen) atoms. The molecule has 0 aromatic carbocycles. The molecule has 2 aliphatic rings. The molecule has 3 aromatic rings. The van der Waals surface area contributed by atoms with E-state index in [9.17, 15) is 14.0 Å². The predicted molar refractivity (Wildman–Crippen MR) is 123 cm³/mol. The van der Waals surface area contributed by atoms with Crippen LogP contribution in [0.2, 0.25) is 0 Å².